The predicted octanol–water partition coefficient (Wildman–Crippen LogP) is 7.67. The molecule has 0 saturated heterocycles. The summed E-state index contributed by atoms with van der Waals surface area (Å²) in [6.07, 6.45) is 1.40. The van der Waals surface area contributed by atoms with Crippen LogP contribution in [0.2, 0.25) is 0 Å². The average Bonchev–Trinajstić information content (AvgIpc) is 2.78. The molecule has 0 amide bonds. The predicted molar refractivity (Wildman–Crippen MR) is 124 cm³/mol. The smallest absolute Gasteiger partial charge is 0.142 e. The first-order valence-corrected chi connectivity index (χ1v) is 11.0. The van der Waals surface area contributed by atoms with Gasteiger partial charge >= 0.3 is 0 Å². The Balaban J connectivity index is 1.53. The van der Waals surface area contributed by atoms with Crippen LogP contribution in [0.5, 0.6) is 0 Å². The maximum absolute atomic E-state index is 14.6. The van der Waals surface area contributed by atoms with Crippen molar-refractivity contribution >= 4 is 10.8 Å². The van der Waals surface area contributed by atoms with Gasteiger partial charge in [0.1, 0.15) is 29.1 Å². The SMILES string of the molecule is CCCc1cc(F)c(CCc2cc(F)c(C#Cc3ccc4cc(F)ccc4c3)c(F)c2)c(F)c1. The van der Waals surface area contributed by atoms with Crippen molar-refractivity contribution in [3.05, 3.63) is 118 Å². The highest BCUT2D eigenvalue weighted by Gasteiger charge is 2.14. The molecule has 4 aromatic rings. The zero-order valence-corrected chi connectivity index (χ0v) is 18.5. The molecule has 0 heterocycles. The lowest BCUT2D eigenvalue weighted by atomic mass is 9.99. The third kappa shape index (κ3) is 5.28. The molecule has 0 aliphatic heterocycles. The summed E-state index contributed by atoms with van der Waals surface area (Å²) in [6, 6.07) is 14.3. The molecule has 0 radical (unpaired) electrons. The Morgan fingerprint density at radius 1 is 0.588 bits per heavy atom. The van der Waals surface area contributed by atoms with Crippen LogP contribution < -0.4 is 0 Å². The summed E-state index contributed by atoms with van der Waals surface area (Å²) >= 11 is 0. The lowest BCUT2D eigenvalue weighted by Crippen LogP contribution is -2.02. The van der Waals surface area contributed by atoms with E-state index in [1.165, 1.54) is 24.3 Å². The minimum atomic E-state index is -0.843. The van der Waals surface area contributed by atoms with E-state index in [1.807, 2.05) is 6.92 Å². The monoisotopic (exact) mass is 464 g/mol. The van der Waals surface area contributed by atoms with Crippen LogP contribution in [-0.4, -0.2) is 0 Å². The second-order valence-corrected chi connectivity index (χ2v) is 8.18. The second-order valence-electron chi connectivity index (χ2n) is 8.18. The van der Waals surface area contributed by atoms with E-state index in [-0.39, 0.29) is 35.3 Å². The fourth-order valence-corrected chi connectivity index (χ4v) is 3.92. The molecule has 0 N–H and O–H groups in total. The van der Waals surface area contributed by atoms with Crippen molar-refractivity contribution in [2.24, 2.45) is 0 Å². The molecule has 0 fully saturated rings. The Morgan fingerprint density at radius 3 is 1.85 bits per heavy atom. The number of aryl methyl sites for hydroxylation is 2. The molecule has 0 aromatic heterocycles. The van der Waals surface area contributed by atoms with Crippen molar-refractivity contribution in [1.29, 1.82) is 0 Å². The van der Waals surface area contributed by atoms with Crippen LogP contribution in [0, 0.1) is 40.9 Å². The molecule has 0 aliphatic rings. The standard InChI is InChI=1S/C29H21F5/c1-2-3-19-13-26(31)25(27(32)14-19)11-6-20-15-28(33)24(29(34)16-20)10-5-18-4-7-22-17-23(30)9-8-21(22)12-18/h4,7-9,12-17H,2-3,6,11H2,1H3. The third-order valence-corrected chi connectivity index (χ3v) is 5.64. The van der Waals surface area contributed by atoms with E-state index in [0.717, 1.165) is 23.9 Å². The molecule has 0 bridgehead atoms. The molecule has 0 unspecified atom stereocenters. The molecule has 0 nitrogen and oxygen atoms in total. The Bertz CT molecular complexity index is 1380. The van der Waals surface area contributed by atoms with Crippen molar-refractivity contribution in [2.75, 3.05) is 0 Å². The quantitative estimate of drug-likeness (QED) is 0.210. The lowest BCUT2D eigenvalue weighted by molar-refractivity contribution is 0.549. The van der Waals surface area contributed by atoms with E-state index >= 15 is 0 Å². The summed E-state index contributed by atoms with van der Waals surface area (Å²) in [4.78, 5) is 0. The average molecular weight is 464 g/mol. The highest BCUT2D eigenvalue weighted by molar-refractivity contribution is 5.84. The largest absolute Gasteiger partial charge is 0.207 e. The minimum absolute atomic E-state index is 0.0222. The first-order chi connectivity index (χ1) is 16.3. The summed E-state index contributed by atoms with van der Waals surface area (Å²) < 4.78 is 71.1. The van der Waals surface area contributed by atoms with E-state index in [2.05, 4.69) is 11.8 Å². The van der Waals surface area contributed by atoms with Crippen LogP contribution in [0.1, 0.15) is 41.2 Å². The fraction of sp³-hybridized carbons (Fsp3) is 0.172. The number of fused-ring (bicyclic) bond motifs is 1. The van der Waals surface area contributed by atoms with Gasteiger partial charge in [-0.3, -0.25) is 0 Å². The summed E-state index contributed by atoms with van der Waals surface area (Å²) in [5.74, 6) is 1.92. The summed E-state index contributed by atoms with van der Waals surface area (Å²) in [6.45, 7) is 1.92. The van der Waals surface area contributed by atoms with E-state index in [4.69, 9.17) is 0 Å². The van der Waals surface area contributed by atoms with Gasteiger partial charge < -0.3 is 0 Å². The van der Waals surface area contributed by atoms with Crippen LogP contribution in [0.25, 0.3) is 10.8 Å². The van der Waals surface area contributed by atoms with Crippen LogP contribution >= 0.6 is 0 Å². The van der Waals surface area contributed by atoms with Gasteiger partial charge in [0, 0.05) is 11.1 Å². The van der Waals surface area contributed by atoms with Crippen molar-refractivity contribution in [3.63, 3.8) is 0 Å². The fourth-order valence-electron chi connectivity index (χ4n) is 3.92. The highest BCUT2D eigenvalue weighted by atomic mass is 19.1. The Hall–Kier alpha value is -3.65. The van der Waals surface area contributed by atoms with Gasteiger partial charge in [-0.2, -0.15) is 0 Å². The van der Waals surface area contributed by atoms with Crippen LogP contribution in [-0.2, 0) is 19.3 Å². The molecule has 0 saturated carbocycles. The van der Waals surface area contributed by atoms with Gasteiger partial charge in [0.05, 0.1) is 5.56 Å². The van der Waals surface area contributed by atoms with Gasteiger partial charge in [-0.05, 0) is 89.7 Å². The van der Waals surface area contributed by atoms with Crippen LogP contribution in [0.4, 0.5) is 22.0 Å². The molecule has 0 spiro atoms. The number of benzene rings is 4. The van der Waals surface area contributed by atoms with Crippen LogP contribution in [0.3, 0.4) is 0 Å². The van der Waals surface area contributed by atoms with Gasteiger partial charge in [-0.1, -0.05) is 37.3 Å². The molecule has 34 heavy (non-hydrogen) atoms. The number of halogens is 5. The third-order valence-electron chi connectivity index (χ3n) is 5.64. The Labute approximate surface area is 195 Å². The molecule has 4 aromatic carbocycles. The second kappa shape index (κ2) is 10.1. The van der Waals surface area contributed by atoms with E-state index in [1.54, 1.807) is 24.3 Å². The van der Waals surface area contributed by atoms with Crippen molar-refractivity contribution in [1.82, 2.24) is 0 Å². The molecule has 4 rings (SSSR count). The normalized spacial score (nSPS) is 10.9. The minimum Gasteiger partial charge on any atom is -0.207 e. The summed E-state index contributed by atoms with van der Waals surface area (Å²) in [5.41, 5.74) is 0.911. The number of hydrogen-bond acceptors (Lipinski definition) is 0. The van der Waals surface area contributed by atoms with Gasteiger partial charge in [0.15, 0.2) is 0 Å². The molecule has 5 heteroatoms. The first kappa shape index (κ1) is 23.5. The molecular formula is C29H21F5. The zero-order valence-electron chi connectivity index (χ0n) is 18.5. The van der Waals surface area contributed by atoms with Gasteiger partial charge in [0.25, 0.3) is 0 Å². The molecule has 0 atom stereocenters. The summed E-state index contributed by atoms with van der Waals surface area (Å²) in [5, 5.41) is 1.45. The van der Waals surface area contributed by atoms with Gasteiger partial charge in [-0.15, -0.1) is 0 Å². The van der Waals surface area contributed by atoms with Crippen LogP contribution in [0.15, 0.2) is 60.7 Å². The van der Waals surface area contributed by atoms with Crippen molar-refractivity contribution < 1.29 is 22.0 Å². The molecule has 172 valence electrons. The van der Waals surface area contributed by atoms with Gasteiger partial charge in [-0.25, -0.2) is 22.0 Å². The Morgan fingerprint density at radius 2 is 1.18 bits per heavy atom. The Kier molecular flexibility index (Phi) is 6.98. The number of hydrogen-bond donors (Lipinski definition) is 0. The lowest BCUT2D eigenvalue weighted by Gasteiger charge is -2.09. The van der Waals surface area contributed by atoms with E-state index in [0.29, 0.717) is 22.9 Å². The topological polar surface area (TPSA) is 0 Å². The molecule has 0 aliphatic carbocycles. The van der Waals surface area contributed by atoms with Gasteiger partial charge in [0.2, 0.25) is 0 Å². The van der Waals surface area contributed by atoms with E-state index < -0.39 is 23.3 Å². The zero-order chi connectivity index (χ0) is 24.2. The maximum atomic E-state index is 14.6. The highest BCUT2D eigenvalue weighted by Crippen LogP contribution is 2.22. The number of rotatable bonds is 5. The van der Waals surface area contributed by atoms with Crippen molar-refractivity contribution in [3.8, 4) is 11.8 Å². The summed E-state index contributed by atoms with van der Waals surface area (Å²) in [7, 11) is 0. The first-order valence-electron chi connectivity index (χ1n) is 11.0. The van der Waals surface area contributed by atoms with E-state index in [9.17, 15) is 22.0 Å². The van der Waals surface area contributed by atoms with Crippen molar-refractivity contribution in [2.45, 2.75) is 32.6 Å². The molecular weight excluding hydrogens is 443 g/mol. The maximum Gasteiger partial charge on any atom is 0.142 e.